The molecule has 3 rings (SSSR count). The predicted octanol–water partition coefficient (Wildman–Crippen LogP) is 4.06. The van der Waals surface area contributed by atoms with Crippen LogP contribution in [0.3, 0.4) is 0 Å². The first-order valence-corrected chi connectivity index (χ1v) is 12.2. The number of hydrogen-bond acceptors (Lipinski definition) is 4. The van der Waals surface area contributed by atoms with Crippen molar-refractivity contribution in [3.8, 4) is 5.75 Å². The average Bonchev–Trinajstić information content (AvgIpc) is 2.76. The number of sulfonamides is 1. The Kier molecular flexibility index (Phi) is 7.73. The van der Waals surface area contributed by atoms with Crippen molar-refractivity contribution in [2.24, 2.45) is 5.92 Å². The van der Waals surface area contributed by atoms with Gasteiger partial charge in [-0.25, -0.2) is 22.3 Å². The monoisotopic (exact) mass is 463 g/mol. The summed E-state index contributed by atoms with van der Waals surface area (Å²) in [5.74, 6) is 0.504. The number of ether oxygens (including phenoxy) is 1. The number of carbonyl (C=O) groups is 1. The molecule has 0 bridgehead atoms. The van der Waals surface area contributed by atoms with E-state index >= 15 is 0 Å². The Labute approximate surface area is 189 Å². The van der Waals surface area contributed by atoms with E-state index in [2.05, 4.69) is 10.0 Å². The zero-order valence-electron chi connectivity index (χ0n) is 18.7. The lowest BCUT2D eigenvalue weighted by molar-refractivity contribution is 0.183. The minimum absolute atomic E-state index is 0.143. The van der Waals surface area contributed by atoms with Gasteiger partial charge in [0.05, 0.1) is 11.5 Å². The number of nitrogens with one attached hydrogen (secondary N) is 2. The number of halogens is 1. The molecule has 1 aliphatic heterocycles. The van der Waals surface area contributed by atoms with Crippen molar-refractivity contribution < 1.29 is 22.3 Å². The summed E-state index contributed by atoms with van der Waals surface area (Å²) in [6, 6.07) is 8.63. The third-order valence-corrected chi connectivity index (χ3v) is 7.00. The van der Waals surface area contributed by atoms with Gasteiger partial charge in [0, 0.05) is 25.3 Å². The summed E-state index contributed by atoms with van der Waals surface area (Å²) in [5.41, 5.74) is 2.10. The topological polar surface area (TPSA) is 87.7 Å². The first kappa shape index (κ1) is 24.0. The van der Waals surface area contributed by atoms with Crippen molar-refractivity contribution in [2.45, 2.75) is 38.5 Å². The van der Waals surface area contributed by atoms with Gasteiger partial charge in [-0.3, -0.25) is 0 Å². The van der Waals surface area contributed by atoms with Crippen LogP contribution in [0.4, 0.5) is 14.9 Å². The molecule has 9 heteroatoms. The maximum Gasteiger partial charge on any atom is 0.321 e. The summed E-state index contributed by atoms with van der Waals surface area (Å²) in [7, 11) is -3.64. The van der Waals surface area contributed by atoms with Gasteiger partial charge in [-0.1, -0.05) is 0 Å². The maximum absolute atomic E-state index is 13.0. The number of likely N-dealkylation sites (tertiary alicyclic amines) is 1. The molecular formula is C23H30FN3O4S. The SMILES string of the molecule is CCOc1c(C)cc(S(=O)(=O)NCC2CCN(C(=O)Nc3ccc(F)cc3)CC2)cc1C. The normalized spacial score (nSPS) is 14.9. The molecule has 2 N–H and O–H groups in total. The molecule has 32 heavy (non-hydrogen) atoms. The van der Waals surface area contributed by atoms with E-state index in [0.717, 1.165) is 16.9 Å². The third kappa shape index (κ3) is 5.98. The van der Waals surface area contributed by atoms with Crippen molar-refractivity contribution in [2.75, 3.05) is 31.6 Å². The fourth-order valence-electron chi connectivity index (χ4n) is 3.82. The van der Waals surface area contributed by atoms with Gasteiger partial charge in [0.1, 0.15) is 11.6 Å². The molecule has 0 aromatic heterocycles. The van der Waals surface area contributed by atoms with E-state index in [4.69, 9.17) is 4.74 Å². The van der Waals surface area contributed by atoms with Crippen LogP contribution in [0.1, 0.15) is 30.9 Å². The zero-order valence-corrected chi connectivity index (χ0v) is 19.5. The van der Waals surface area contributed by atoms with Crippen molar-refractivity contribution in [1.82, 2.24) is 9.62 Å². The Hall–Kier alpha value is -2.65. The number of benzene rings is 2. The second kappa shape index (κ2) is 10.3. The molecule has 0 aliphatic carbocycles. The summed E-state index contributed by atoms with van der Waals surface area (Å²) >= 11 is 0. The Bertz CT molecular complexity index is 1030. The van der Waals surface area contributed by atoms with Gasteiger partial charge in [-0.05, 0) is 87.1 Å². The van der Waals surface area contributed by atoms with Crippen LogP contribution in [0.25, 0.3) is 0 Å². The smallest absolute Gasteiger partial charge is 0.321 e. The minimum atomic E-state index is -3.64. The molecule has 0 saturated carbocycles. The van der Waals surface area contributed by atoms with E-state index in [0.29, 0.717) is 44.8 Å². The van der Waals surface area contributed by atoms with Crippen LogP contribution in [0.2, 0.25) is 0 Å². The second-order valence-electron chi connectivity index (χ2n) is 8.04. The van der Waals surface area contributed by atoms with Gasteiger partial charge in [-0.2, -0.15) is 0 Å². The number of carbonyl (C=O) groups excluding carboxylic acids is 1. The van der Waals surface area contributed by atoms with Crippen molar-refractivity contribution >= 4 is 21.7 Å². The first-order valence-electron chi connectivity index (χ1n) is 10.7. The van der Waals surface area contributed by atoms with E-state index < -0.39 is 10.0 Å². The molecule has 1 aliphatic rings. The molecule has 0 radical (unpaired) electrons. The van der Waals surface area contributed by atoms with Crippen LogP contribution in [-0.2, 0) is 10.0 Å². The maximum atomic E-state index is 13.0. The Morgan fingerprint density at radius 3 is 2.28 bits per heavy atom. The van der Waals surface area contributed by atoms with Crippen molar-refractivity contribution in [3.05, 3.63) is 53.3 Å². The highest BCUT2D eigenvalue weighted by atomic mass is 32.2. The number of hydrogen-bond donors (Lipinski definition) is 2. The summed E-state index contributed by atoms with van der Waals surface area (Å²) in [4.78, 5) is 14.3. The number of amides is 2. The van der Waals surface area contributed by atoms with Gasteiger partial charge >= 0.3 is 6.03 Å². The second-order valence-corrected chi connectivity index (χ2v) is 9.81. The average molecular weight is 464 g/mol. The van der Waals surface area contributed by atoms with E-state index in [9.17, 15) is 17.6 Å². The molecule has 2 aromatic rings. The van der Waals surface area contributed by atoms with Crippen LogP contribution in [0, 0.1) is 25.6 Å². The fraction of sp³-hybridized carbons (Fsp3) is 0.435. The van der Waals surface area contributed by atoms with Crippen LogP contribution < -0.4 is 14.8 Å². The Morgan fingerprint density at radius 1 is 1.12 bits per heavy atom. The molecular weight excluding hydrogens is 433 g/mol. The van der Waals surface area contributed by atoms with E-state index in [1.165, 1.54) is 24.3 Å². The standard InChI is InChI=1S/C23H30FN3O4S/c1-4-31-22-16(2)13-21(14-17(22)3)32(29,30)25-15-18-9-11-27(12-10-18)23(28)26-20-7-5-19(24)6-8-20/h5-8,13-14,18,25H,4,9-12,15H2,1-3H3,(H,26,28). The molecule has 1 heterocycles. The molecule has 174 valence electrons. The lowest BCUT2D eigenvalue weighted by Gasteiger charge is -2.32. The largest absolute Gasteiger partial charge is 0.493 e. The van der Waals surface area contributed by atoms with E-state index in [-0.39, 0.29) is 22.7 Å². The van der Waals surface area contributed by atoms with Crippen LogP contribution in [-0.4, -0.2) is 45.6 Å². The molecule has 2 amide bonds. The summed E-state index contributed by atoms with van der Waals surface area (Å²) in [6.07, 6.45) is 1.39. The lowest BCUT2D eigenvalue weighted by Crippen LogP contribution is -2.43. The highest BCUT2D eigenvalue weighted by molar-refractivity contribution is 7.89. The van der Waals surface area contributed by atoms with E-state index in [1.807, 2.05) is 20.8 Å². The molecule has 1 saturated heterocycles. The fourth-order valence-corrected chi connectivity index (χ4v) is 5.11. The molecule has 0 unspecified atom stereocenters. The predicted molar refractivity (Wildman–Crippen MR) is 122 cm³/mol. The quantitative estimate of drug-likeness (QED) is 0.648. The molecule has 2 aromatic carbocycles. The van der Waals surface area contributed by atoms with E-state index in [1.54, 1.807) is 17.0 Å². The first-order chi connectivity index (χ1) is 15.2. The molecule has 0 spiro atoms. The van der Waals surface area contributed by atoms with Gasteiger partial charge in [0.25, 0.3) is 0 Å². The lowest BCUT2D eigenvalue weighted by atomic mass is 9.97. The van der Waals surface area contributed by atoms with Gasteiger partial charge < -0.3 is 15.0 Å². The number of rotatable bonds is 7. The number of anilines is 1. The Balaban J connectivity index is 1.52. The van der Waals surface area contributed by atoms with Crippen molar-refractivity contribution in [3.63, 3.8) is 0 Å². The summed E-state index contributed by atoms with van der Waals surface area (Å²) in [5, 5.41) is 2.75. The highest BCUT2D eigenvalue weighted by Gasteiger charge is 2.25. The summed E-state index contributed by atoms with van der Waals surface area (Å²) in [6.45, 7) is 7.46. The minimum Gasteiger partial charge on any atom is -0.493 e. The zero-order chi connectivity index (χ0) is 23.3. The van der Waals surface area contributed by atoms with Crippen LogP contribution >= 0.6 is 0 Å². The van der Waals surface area contributed by atoms with Crippen LogP contribution in [0.5, 0.6) is 5.75 Å². The molecule has 7 nitrogen and oxygen atoms in total. The number of nitrogens with zero attached hydrogens (tertiary/aromatic N) is 1. The Morgan fingerprint density at radius 2 is 1.72 bits per heavy atom. The number of piperidine rings is 1. The molecule has 0 atom stereocenters. The van der Waals surface area contributed by atoms with Crippen LogP contribution in [0.15, 0.2) is 41.3 Å². The van der Waals surface area contributed by atoms with Crippen molar-refractivity contribution in [1.29, 1.82) is 0 Å². The summed E-state index contributed by atoms with van der Waals surface area (Å²) < 4.78 is 46.9. The number of aryl methyl sites for hydroxylation is 2. The third-order valence-electron chi connectivity index (χ3n) is 5.59. The molecule has 1 fully saturated rings. The number of urea groups is 1. The van der Waals surface area contributed by atoms with Gasteiger partial charge in [0.15, 0.2) is 0 Å². The van der Waals surface area contributed by atoms with Gasteiger partial charge in [0.2, 0.25) is 10.0 Å². The van der Waals surface area contributed by atoms with Gasteiger partial charge in [-0.15, -0.1) is 0 Å². The highest BCUT2D eigenvalue weighted by Crippen LogP contribution is 2.27.